The maximum absolute atomic E-state index is 12.5. The average Bonchev–Trinajstić information content (AvgIpc) is 2.85. The van der Waals surface area contributed by atoms with Gasteiger partial charge in [-0.2, -0.15) is 0 Å². The zero-order valence-electron chi connectivity index (χ0n) is 19.3. The molecule has 0 aliphatic heterocycles. The molecule has 184 valence electrons. The number of esters is 2. The topological polar surface area (TPSA) is 120 Å². The number of hydrogen-bond donors (Lipinski definition) is 2. The van der Waals surface area contributed by atoms with Crippen LogP contribution in [0.1, 0.15) is 24.0 Å². The summed E-state index contributed by atoms with van der Waals surface area (Å²) in [5.41, 5.74) is 1.65. The van der Waals surface area contributed by atoms with Crippen LogP contribution in [0.2, 0.25) is 0 Å². The fourth-order valence-electron chi connectivity index (χ4n) is 2.95. The number of benzene rings is 2. The van der Waals surface area contributed by atoms with Gasteiger partial charge in [0.15, 0.2) is 14.1 Å². The Morgan fingerprint density at radius 1 is 0.853 bits per heavy atom. The minimum absolute atomic E-state index is 0.0302. The van der Waals surface area contributed by atoms with Crippen molar-refractivity contribution in [2.75, 3.05) is 20.3 Å². The van der Waals surface area contributed by atoms with Crippen LogP contribution in [0.3, 0.4) is 0 Å². The van der Waals surface area contributed by atoms with Gasteiger partial charge in [0.1, 0.15) is 19.3 Å². The van der Waals surface area contributed by atoms with E-state index < -0.39 is 38.0 Å². The van der Waals surface area contributed by atoms with E-state index >= 15 is 0 Å². The van der Waals surface area contributed by atoms with E-state index in [1.807, 2.05) is 48.5 Å². The maximum atomic E-state index is 12.5. The first-order chi connectivity index (χ1) is 16.4. The largest absolute Gasteiger partial charge is 0.460 e. The third-order valence-corrected chi connectivity index (χ3v) is 5.39. The predicted octanol–water partition coefficient (Wildman–Crippen LogP) is 2.45. The summed E-state index contributed by atoms with van der Waals surface area (Å²) >= 11 is 0. The lowest BCUT2D eigenvalue weighted by molar-refractivity contribution is -0.150. The molecule has 0 saturated carbocycles. The molecule has 0 saturated heterocycles. The Kier molecular flexibility index (Phi) is 12.0. The summed E-state index contributed by atoms with van der Waals surface area (Å²) in [5.74, 6) is -1.66. The van der Waals surface area contributed by atoms with Crippen molar-refractivity contribution in [3.63, 3.8) is 0 Å². The Bertz CT molecular complexity index is 941. The monoisotopic (exact) mass is 490 g/mol. The summed E-state index contributed by atoms with van der Waals surface area (Å²) in [6.07, 6.45) is 0.114. The van der Waals surface area contributed by atoms with Gasteiger partial charge in [0.05, 0.1) is 6.61 Å². The molecule has 1 amide bonds. The number of hydrogen-bond acceptors (Lipinski definition) is 8. The molecule has 2 N–H and O–H groups in total. The van der Waals surface area contributed by atoms with E-state index in [1.165, 1.54) is 6.66 Å². The van der Waals surface area contributed by atoms with Crippen LogP contribution in [0.25, 0.3) is 0 Å². The van der Waals surface area contributed by atoms with Crippen LogP contribution in [0, 0.1) is 0 Å². The molecule has 2 rings (SSSR count). The highest BCUT2D eigenvalue weighted by molar-refractivity contribution is 7.38. The summed E-state index contributed by atoms with van der Waals surface area (Å²) in [6, 6.07) is 16.5. The zero-order chi connectivity index (χ0) is 24.8. The normalized spacial score (nSPS) is 13.4. The Morgan fingerprint density at radius 3 is 1.82 bits per heavy atom. The Morgan fingerprint density at radius 2 is 1.35 bits per heavy atom. The number of ether oxygens (including phenoxy) is 2. The number of likely N-dealkylation sites (N-methyl/N-ethyl adjacent to an activating group) is 1. The lowest BCUT2D eigenvalue weighted by Crippen LogP contribution is -2.45. The summed E-state index contributed by atoms with van der Waals surface area (Å²) in [5, 5.41) is 5.38. The number of carbonyl (C=O) groups is 3. The van der Waals surface area contributed by atoms with Crippen LogP contribution in [0.4, 0.5) is 0 Å². The highest BCUT2D eigenvalue weighted by Crippen LogP contribution is 2.16. The molecule has 0 aliphatic carbocycles. The second-order valence-corrected chi connectivity index (χ2v) is 8.76. The molecule has 0 heterocycles. The van der Waals surface area contributed by atoms with Crippen molar-refractivity contribution < 1.29 is 32.9 Å². The van der Waals surface area contributed by atoms with Crippen LogP contribution in [-0.2, 0) is 46.2 Å². The van der Waals surface area contributed by atoms with Crippen LogP contribution in [0.5, 0.6) is 0 Å². The number of nitrogens with one attached hydrogen (secondary N) is 2. The van der Waals surface area contributed by atoms with Gasteiger partial charge in [0.25, 0.3) is 0 Å². The van der Waals surface area contributed by atoms with Crippen molar-refractivity contribution in [1.82, 2.24) is 10.6 Å². The predicted molar refractivity (Wildman–Crippen MR) is 127 cm³/mol. The average molecular weight is 490 g/mol. The molecule has 34 heavy (non-hydrogen) atoms. The fraction of sp³-hybridized carbons (Fsp3) is 0.375. The fourth-order valence-corrected chi connectivity index (χ4v) is 3.35. The van der Waals surface area contributed by atoms with E-state index in [0.29, 0.717) is 0 Å². The van der Waals surface area contributed by atoms with E-state index in [4.69, 9.17) is 14.0 Å². The Labute approximate surface area is 200 Å². The highest BCUT2D eigenvalue weighted by atomic mass is 31.1. The van der Waals surface area contributed by atoms with Gasteiger partial charge in [0.2, 0.25) is 5.91 Å². The number of rotatable bonds is 14. The molecule has 9 nitrogen and oxygen atoms in total. The molecule has 0 aliphatic rings. The van der Waals surface area contributed by atoms with Crippen LogP contribution in [-0.4, -0.2) is 50.2 Å². The SMILES string of the molecule is CNC(CCC(=O)NC(CO[PH](C)=O)C(=O)OCc1ccccc1)C(=O)OCc1ccccc1. The minimum Gasteiger partial charge on any atom is -0.460 e. The summed E-state index contributed by atoms with van der Waals surface area (Å²) < 4.78 is 27.0. The van der Waals surface area contributed by atoms with Gasteiger partial charge in [-0.15, -0.1) is 0 Å². The van der Waals surface area contributed by atoms with Crippen molar-refractivity contribution in [3.8, 4) is 0 Å². The molecule has 0 spiro atoms. The van der Waals surface area contributed by atoms with Crippen molar-refractivity contribution in [3.05, 3.63) is 71.8 Å². The third kappa shape index (κ3) is 10.3. The standard InChI is InChI=1S/C24H31N2O7P/c1-25-20(23(28)31-15-18-9-5-3-6-10-18)13-14-22(27)26-21(17-33-34(2)30)24(29)32-16-19-11-7-4-8-12-19/h3-12,20-21,25,34H,13-17H2,1-2H3,(H,26,27). The van der Waals surface area contributed by atoms with Gasteiger partial charge in [-0.05, 0) is 24.6 Å². The molecule has 0 bridgehead atoms. The molecule has 0 radical (unpaired) electrons. The molecular weight excluding hydrogens is 459 g/mol. The van der Waals surface area contributed by atoms with Crippen LogP contribution >= 0.6 is 8.03 Å². The van der Waals surface area contributed by atoms with Crippen molar-refractivity contribution in [1.29, 1.82) is 0 Å². The van der Waals surface area contributed by atoms with Gasteiger partial charge >= 0.3 is 11.9 Å². The minimum atomic E-state index is -2.31. The first kappa shape index (κ1) is 27.2. The van der Waals surface area contributed by atoms with Gasteiger partial charge in [-0.3, -0.25) is 14.2 Å². The Balaban J connectivity index is 1.85. The van der Waals surface area contributed by atoms with Crippen LogP contribution in [0.15, 0.2) is 60.7 Å². The number of amides is 1. The molecular formula is C24H31N2O7P. The summed E-state index contributed by atoms with van der Waals surface area (Å²) in [4.78, 5) is 37.3. The van der Waals surface area contributed by atoms with Crippen LogP contribution < -0.4 is 10.6 Å². The van der Waals surface area contributed by atoms with Crippen molar-refractivity contribution in [2.24, 2.45) is 0 Å². The van der Waals surface area contributed by atoms with Gasteiger partial charge in [-0.1, -0.05) is 60.7 Å². The summed E-state index contributed by atoms with van der Waals surface area (Å²) in [7, 11) is -0.714. The van der Waals surface area contributed by atoms with Gasteiger partial charge in [0, 0.05) is 13.1 Å². The highest BCUT2D eigenvalue weighted by Gasteiger charge is 2.25. The van der Waals surface area contributed by atoms with E-state index in [0.717, 1.165) is 11.1 Å². The molecule has 3 atom stereocenters. The molecule has 2 aromatic rings. The Hall–Kier alpha value is -3.00. The zero-order valence-corrected chi connectivity index (χ0v) is 20.3. The lowest BCUT2D eigenvalue weighted by Gasteiger charge is -2.19. The smallest absolute Gasteiger partial charge is 0.331 e. The van der Waals surface area contributed by atoms with Gasteiger partial charge < -0.3 is 24.6 Å². The second kappa shape index (κ2) is 15.0. The van der Waals surface area contributed by atoms with Crippen molar-refractivity contribution >= 4 is 25.9 Å². The molecule has 3 unspecified atom stereocenters. The van der Waals surface area contributed by atoms with Gasteiger partial charge in [-0.25, -0.2) is 4.79 Å². The second-order valence-electron chi connectivity index (χ2n) is 7.49. The first-order valence-electron chi connectivity index (χ1n) is 10.9. The van der Waals surface area contributed by atoms with E-state index in [2.05, 4.69) is 10.6 Å². The van der Waals surface area contributed by atoms with E-state index in [-0.39, 0.29) is 32.7 Å². The first-order valence-corrected chi connectivity index (χ1v) is 12.7. The van der Waals surface area contributed by atoms with Crippen molar-refractivity contribution in [2.45, 2.75) is 38.1 Å². The molecule has 0 fully saturated rings. The lowest BCUT2D eigenvalue weighted by atomic mass is 10.1. The maximum Gasteiger partial charge on any atom is 0.331 e. The molecule has 2 aromatic carbocycles. The molecule has 0 aromatic heterocycles. The summed E-state index contributed by atoms with van der Waals surface area (Å²) in [6.45, 7) is 1.27. The van der Waals surface area contributed by atoms with E-state index in [9.17, 15) is 18.9 Å². The quantitative estimate of drug-likeness (QED) is 0.306. The molecule has 10 heteroatoms. The number of carbonyl (C=O) groups excluding carboxylic acids is 3. The third-order valence-electron chi connectivity index (χ3n) is 4.81. The van der Waals surface area contributed by atoms with E-state index in [1.54, 1.807) is 19.2 Å².